The van der Waals surface area contributed by atoms with E-state index in [9.17, 15) is 4.21 Å². The van der Waals surface area contributed by atoms with Crippen LogP contribution < -0.4 is 10.1 Å². The summed E-state index contributed by atoms with van der Waals surface area (Å²) in [6.07, 6.45) is 2.55. The molecule has 0 aromatic heterocycles. The topological polar surface area (TPSA) is 38.3 Å². The van der Waals surface area contributed by atoms with E-state index in [1.165, 1.54) is 12.8 Å². The monoisotopic (exact) mass is 239 g/mol. The maximum absolute atomic E-state index is 11.9. The molecule has 1 aliphatic carbocycles. The zero-order valence-electron chi connectivity index (χ0n) is 9.44. The smallest absolute Gasteiger partial charge is 0.118 e. The van der Waals surface area contributed by atoms with Gasteiger partial charge in [-0.15, -0.1) is 0 Å². The van der Waals surface area contributed by atoms with Gasteiger partial charge in [-0.3, -0.25) is 4.21 Å². The summed E-state index contributed by atoms with van der Waals surface area (Å²) < 4.78 is 16.9. The molecule has 1 aromatic carbocycles. The quantitative estimate of drug-likeness (QED) is 0.818. The molecule has 4 heteroatoms. The summed E-state index contributed by atoms with van der Waals surface area (Å²) in [5.41, 5.74) is 0. The largest absolute Gasteiger partial charge is 0.497 e. The molecule has 88 valence electrons. The van der Waals surface area contributed by atoms with Crippen LogP contribution in [0.3, 0.4) is 0 Å². The van der Waals surface area contributed by atoms with Crippen molar-refractivity contribution in [3.05, 3.63) is 24.3 Å². The van der Waals surface area contributed by atoms with Crippen LogP contribution in [0.2, 0.25) is 0 Å². The van der Waals surface area contributed by atoms with Crippen LogP contribution in [-0.4, -0.2) is 29.7 Å². The van der Waals surface area contributed by atoms with E-state index in [4.69, 9.17) is 4.74 Å². The van der Waals surface area contributed by atoms with Crippen molar-refractivity contribution in [2.45, 2.75) is 23.8 Å². The highest BCUT2D eigenvalue weighted by Crippen LogP contribution is 2.18. The van der Waals surface area contributed by atoms with Gasteiger partial charge in [0.05, 0.1) is 17.9 Å². The molecule has 1 aliphatic rings. The fourth-order valence-corrected chi connectivity index (χ4v) is 2.47. The number of ether oxygens (including phenoxy) is 1. The average molecular weight is 239 g/mol. The van der Waals surface area contributed by atoms with Crippen molar-refractivity contribution in [2.24, 2.45) is 0 Å². The minimum absolute atomic E-state index is 0.683. The van der Waals surface area contributed by atoms with Crippen molar-refractivity contribution in [1.29, 1.82) is 0 Å². The number of nitrogens with one attached hydrogen (secondary N) is 1. The van der Waals surface area contributed by atoms with Gasteiger partial charge in [-0.1, -0.05) is 0 Å². The Hall–Kier alpha value is -0.870. The Bertz CT molecular complexity index is 360. The Morgan fingerprint density at radius 3 is 2.62 bits per heavy atom. The van der Waals surface area contributed by atoms with Crippen LogP contribution in [0.5, 0.6) is 5.75 Å². The molecular weight excluding hydrogens is 222 g/mol. The Morgan fingerprint density at radius 1 is 1.38 bits per heavy atom. The first-order chi connectivity index (χ1) is 7.79. The van der Waals surface area contributed by atoms with Crippen molar-refractivity contribution >= 4 is 10.8 Å². The van der Waals surface area contributed by atoms with Crippen LogP contribution in [0.25, 0.3) is 0 Å². The summed E-state index contributed by atoms with van der Waals surface area (Å²) in [4.78, 5) is 0.874. The third-order valence-corrected chi connectivity index (χ3v) is 3.99. The highest BCUT2D eigenvalue weighted by Gasteiger charge is 2.20. The molecule has 0 radical (unpaired) electrons. The number of benzene rings is 1. The van der Waals surface area contributed by atoms with E-state index in [2.05, 4.69) is 5.32 Å². The lowest BCUT2D eigenvalue weighted by atomic mass is 10.3. The van der Waals surface area contributed by atoms with Gasteiger partial charge in [0, 0.05) is 23.2 Å². The number of rotatable bonds is 6. The van der Waals surface area contributed by atoms with Crippen LogP contribution in [0.4, 0.5) is 0 Å². The minimum Gasteiger partial charge on any atom is -0.497 e. The molecule has 0 spiro atoms. The lowest BCUT2D eigenvalue weighted by molar-refractivity contribution is 0.414. The Morgan fingerprint density at radius 2 is 2.06 bits per heavy atom. The summed E-state index contributed by atoms with van der Waals surface area (Å²) >= 11 is 0. The van der Waals surface area contributed by atoms with Gasteiger partial charge < -0.3 is 10.1 Å². The third-order valence-electron chi connectivity index (χ3n) is 2.62. The normalized spacial score (nSPS) is 17.1. The molecule has 0 saturated heterocycles. The summed E-state index contributed by atoms with van der Waals surface area (Å²) in [6, 6.07) is 8.12. The molecule has 1 atom stereocenters. The van der Waals surface area contributed by atoms with Crippen molar-refractivity contribution in [2.75, 3.05) is 19.4 Å². The second-order valence-electron chi connectivity index (χ2n) is 3.95. The molecule has 2 rings (SSSR count). The standard InChI is InChI=1S/C12H17NO2S/c1-15-11-4-6-12(7-5-11)16(14)9-8-13-10-2-3-10/h4-7,10,13H,2-3,8-9H2,1H3. The summed E-state index contributed by atoms with van der Waals surface area (Å²) in [5, 5.41) is 3.36. The van der Waals surface area contributed by atoms with Gasteiger partial charge in [-0.05, 0) is 37.1 Å². The molecule has 1 saturated carbocycles. The molecule has 0 heterocycles. The summed E-state index contributed by atoms with van der Waals surface area (Å²) in [5.74, 6) is 1.49. The zero-order chi connectivity index (χ0) is 11.4. The minimum atomic E-state index is -0.900. The highest BCUT2D eigenvalue weighted by atomic mass is 32.2. The van der Waals surface area contributed by atoms with Gasteiger partial charge in [0.1, 0.15) is 5.75 Å². The highest BCUT2D eigenvalue weighted by molar-refractivity contribution is 7.85. The van der Waals surface area contributed by atoms with Crippen molar-refractivity contribution in [3.63, 3.8) is 0 Å². The second-order valence-corrected chi connectivity index (χ2v) is 5.52. The van der Waals surface area contributed by atoms with Gasteiger partial charge in [-0.25, -0.2) is 0 Å². The second kappa shape index (κ2) is 5.46. The number of methoxy groups -OCH3 is 1. The van der Waals surface area contributed by atoms with E-state index in [0.29, 0.717) is 11.8 Å². The lowest BCUT2D eigenvalue weighted by Crippen LogP contribution is -2.22. The van der Waals surface area contributed by atoms with Crippen LogP contribution in [0, 0.1) is 0 Å². The summed E-state index contributed by atoms with van der Waals surface area (Å²) in [7, 11) is 0.730. The maximum Gasteiger partial charge on any atom is 0.118 e. The molecule has 1 aromatic rings. The van der Waals surface area contributed by atoms with Crippen molar-refractivity contribution in [1.82, 2.24) is 5.32 Å². The van der Waals surface area contributed by atoms with Gasteiger partial charge in [0.2, 0.25) is 0 Å². The van der Waals surface area contributed by atoms with Gasteiger partial charge in [-0.2, -0.15) is 0 Å². The van der Waals surface area contributed by atoms with Gasteiger partial charge in [0.15, 0.2) is 0 Å². The molecule has 16 heavy (non-hydrogen) atoms. The average Bonchev–Trinajstić information content (AvgIpc) is 3.13. The fourth-order valence-electron chi connectivity index (χ4n) is 1.49. The molecule has 1 fully saturated rings. The van der Waals surface area contributed by atoms with E-state index in [1.54, 1.807) is 7.11 Å². The molecule has 1 unspecified atom stereocenters. The van der Waals surface area contributed by atoms with E-state index >= 15 is 0 Å². The molecule has 1 N–H and O–H groups in total. The molecule has 0 aliphatic heterocycles. The van der Waals surface area contributed by atoms with E-state index in [-0.39, 0.29) is 0 Å². The predicted octanol–water partition coefficient (Wildman–Crippen LogP) is 1.55. The van der Waals surface area contributed by atoms with Crippen LogP contribution in [0.1, 0.15) is 12.8 Å². The Labute approximate surface area is 98.7 Å². The first kappa shape index (κ1) is 11.6. The third kappa shape index (κ3) is 3.32. The Balaban J connectivity index is 1.81. The number of hydrogen-bond donors (Lipinski definition) is 1. The van der Waals surface area contributed by atoms with Gasteiger partial charge >= 0.3 is 0 Å². The Kier molecular flexibility index (Phi) is 3.96. The van der Waals surface area contributed by atoms with Gasteiger partial charge in [0.25, 0.3) is 0 Å². The molecule has 3 nitrogen and oxygen atoms in total. The SMILES string of the molecule is COc1ccc(S(=O)CCNC2CC2)cc1. The summed E-state index contributed by atoms with van der Waals surface area (Å²) in [6.45, 7) is 0.837. The van der Waals surface area contributed by atoms with Crippen molar-refractivity contribution in [3.8, 4) is 5.75 Å². The zero-order valence-corrected chi connectivity index (χ0v) is 10.3. The van der Waals surface area contributed by atoms with E-state index in [1.807, 2.05) is 24.3 Å². The molecule has 0 amide bonds. The first-order valence-corrected chi connectivity index (χ1v) is 6.87. The first-order valence-electron chi connectivity index (χ1n) is 5.55. The van der Waals surface area contributed by atoms with Crippen LogP contribution >= 0.6 is 0 Å². The van der Waals surface area contributed by atoms with E-state index in [0.717, 1.165) is 17.2 Å². The number of hydrogen-bond acceptors (Lipinski definition) is 3. The van der Waals surface area contributed by atoms with Crippen LogP contribution in [-0.2, 0) is 10.8 Å². The molecular formula is C12H17NO2S. The predicted molar refractivity (Wildman–Crippen MR) is 65.3 cm³/mol. The lowest BCUT2D eigenvalue weighted by Gasteiger charge is -2.04. The van der Waals surface area contributed by atoms with Crippen LogP contribution in [0.15, 0.2) is 29.2 Å². The van der Waals surface area contributed by atoms with E-state index < -0.39 is 10.8 Å². The fraction of sp³-hybridized carbons (Fsp3) is 0.500. The maximum atomic E-state index is 11.9. The molecule has 0 bridgehead atoms. The van der Waals surface area contributed by atoms with Crippen molar-refractivity contribution < 1.29 is 8.95 Å².